The number of benzene rings is 4. The predicted molar refractivity (Wildman–Crippen MR) is 206 cm³/mol. The second-order valence-corrected chi connectivity index (χ2v) is 13.8. The van der Waals surface area contributed by atoms with E-state index < -0.39 is 0 Å². The molecule has 3 heterocycles. The standard InChI is InChI=1S/C44H15N11S/c1-21(14-45)39-29-10-22(24-4-8-31-33(12-24)54-37(19-50)35(17-48)52-31)2-6-27(29)41-42-28-7-3-23(11-30(28)40(26(15-46)16-47)44(42)56-43(39)41)25-5-9-32-34(13-25)55-38(20-51)36(18-49)53-32/h2-13H,1H3/b39-21+. The Bertz CT molecular complexity index is 3390. The first-order chi connectivity index (χ1) is 27.3. The molecule has 0 atom stereocenters. The van der Waals surface area contributed by atoms with Gasteiger partial charge in [0.05, 0.1) is 28.1 Å². The number of fused-ring (bicyclic) bond motifs is 9. The summed E-state index contributed by atoms with van der Waals surface area (Å²) in [6, 6.07) is 37.0. The normalized spacial score (nSPS) is 12.4. The summed E-state index contributed by atoms with van der Waals surface area (Å²) in [5.74, 6) is 0. The van der Waals surface area contributed by atoms with Gasteiger partial charge in [-0.25, -0.2) is 19.9 Å². The molecule has 7 aromatic rings. The molecule has 0 unspecified atom stereocenters. The van der Waals surface area contributed by atoms with E-state index in [1.807, 2.05) is 78.9 Å². The van der Waals surface area contributed by atoms with Crippen LogP contribution < -0.4 is 0 Å². The molecule has 0 aliphatic heterocycles. The van der Waals surface area contributed by atoms with Crippen LogP contribution in [0.15, 0.2) is 83.9 Å². The van der Waals surface area contributed by atoms with Crippen molar-refractivity contribution >= 4 is 44.5 Å². The lowest BCUT2D eigenvalue weighted by molar-refractivity contribution is 1.20. The minimum atomic E-state index is -0.0642. The van der Waals surface area contributed by atoms with Gasteiger partial charge in [0.25, 0.3) is 0 Å². The summed E-state index contributed by atoms with van der Waals surface area (Å²) in [7, 11) is 0. The minimum absolute atomic E-state index is 0.0342. The highest BCUT2D eigenvalue weighted by Gasteiger charge is 2.39. The minimum Gasteiger partial charge on any atom is -0.232 e. The third-order valence-corrected chi connectivity index (χ3v) is 11.1. The molecular weight excluding hydrogens is 715 g/mol. The van der Waals surface area contributed by atoms with Crippen LogP contribution in [0.3, 0.4) is 0 Å². The Labute approximate surface area is 321 Å². The molecule has 252 valence electrons. The summed E-state index contributed by atoms with van der Waals surface area (Å²) in [6.45, 7) is 1.77. The summed E-state index contributed by atoms with van der Waals surface area (Å²) >= 11 is 1.45. The van der Waals surface area contributed by atoms with Gasteiger partial charge < -0.3 is 0 Å². The molecule has 11 nitrogen and oxygen atoms in total. The summed E-state index contributed by atoms with van der Waals surface area (Å²) in [6.07, 6.45) is 0. The molecule has 0 spiro atoms. The van der Waals surface area contributed by atoms with Crippen LogP contribution in [0.2, 0.25) is 0 Å². The first kappa shape index (κ1) is 33.0. The lowest BCUT2D eigenvalue weighted by Gasteiger charge is -2.10. The van der Waals surface area contributed by atoms with Crippen LogP contribution in [0.5, 0.6) is 0 Å². The summed E-state index contributed by atoms with van der Waals surface area (Å²) in [4.78, 5) is 19.0. The van der Waals surface area contributed by atoms with E-state index in [-0.39, 0.29) is 28.3 Å². The van der Waals surface area contributed by atoms with Crippen molar-refractivity contribution in [2.45, 2.75) is 6.92 Å². The third-order valence-electron chi connectivity index (χ3n) is 9.91. The maximum Gasteiger partial charge on any atom is 0.177 e. The molecule has 9 rings (SSSR count). The Morgan fingerprint density at radius 3 is 1.27 bits per heavy atom. The van der Waals surface area contributed by atoms with E-state index in [9.17, 15) is 36.8 Å². The molecule has 0 bridgehead atoms. The van der Waals surface area contributed by atoms with E-state index in [0.29, 0.717) is 33.2 Å². The highest BCUT2D eigenvalue weighted by Crippen LogP contribution is 2.61. The van der Waals surface area contributed by atoms with E-state index in [1.54, 1.807) is 25.1 Å². The molecule has 0 amide bonds. The maximum absolute atomic E-state index is 10.2. The largest absolute Gasteiger partial charge is 0.232 e. The zero-order valence-corrected chi connectivity index (χ0v) is 29.6. The number of thiophene rings is 1. The van der Waals surface area contributed by atoms with Crippen molar-refractivity contribution in [1.29, 1.82) is 36.8 Å². The number of hydrogen-bond donors (Lipinski definition) is 0. The van der Waals surface area contributed by atoms with Crippen molar-refractivity contribution in [3.8, 4) is 87.0 Å². The fourth-order valence-electron chi connectivity index (χ4n) is 7.43. The zero-order valence-electron chi connectivity index (χ0n) is 28.8. The molecule has 0 radical (unpaired) electrons. The monoisotopic (exact) mass is 729 g/mol. The summed E-state index contributed by atoms with van der Waals surface area (Å²) < 4.78 is 0. The van der Waals surface area contributed by atoms with Crippen LogP contribution >= 0.6 is 11.3 Å². The van der Waals surface area contributed by atoms with Gasteiger partial charge in [-0.15, -0.1) is 11.3 Å². The smallest absolute Gasteiger partial charge is 0.177 e. The van der Waals surface area contributed by atoms with Gasteiger partial charge in [-0.05, 0) is 87.8 Å². The van der Waals surface area contributed by atoms with Crippen LogP contribution in [0.1, 0.15) is 50.6 Å². The van der Waals surface area contributed by atoms with E-state index >= 15 is 0 Å². The molecular formula is C44H15N11S. The van der Waals surface area contributed by atoms with Gasteiger partial charge in [0.1, 0.15) is 42.0 Å². The van der Waals surface area contributed by atoms with Gasteiger partial charge in [0, 0.05) is 37.6 Å². The third kappa shape index (κ3) is 4.68. The molecule has 56 heavy (non-hydrogen) atoms. The van der Waals surface area contributed by atoms with Crippen LogP contribution in [0.4, 0.5) is 0 Å². The van der Waals surface area contributed by atoms with Crippen molar-refractivity contribution in [2.24, 2.45) is 0 Å². The average Bonchev–Trinajstić information content (AvgIpc) is 3.87. The van der Waals surface area contributed by atoms with Crippen LogP contribution in [0.25, 0.3) is 77.7 Å². The van der Waals surface area contributed by atoms with Crippen LogP contribution in [-0.2, 0) is 0 Å². The van der Waals surface area contributed by atoms with Gasteiger partial charge in [-0.2, -0.15) is 36.8 Å². The Balaban J connectivity index is 1.22. The van der Waals surface area contributed by atoms with Crippen molar-refractivity contribution in [3.05, 3.63) is 128 Å². The number of aromatic nitrogens is 4. The summed E-state index contributed by atoms with van der Waals surface area (Å²) in [5, 5.41) is 68.4. The van der Waals surface area contributed by atoms with Crippen LogP contribution in [-0.4, -0.2) is 19.9 Å². The highest BCUT2D eigenvalue weighted by molar-refractivity contribution is 7.16. The van der Waals surface area contributed by atoms with E-state index in [2.05, 4.69) is 38.1 Å². The Kier molecular flexibility index (Phi) is 7.31. The van der Waals surface area contributed by atoms with Crippen molar-refractivity contribution in [3.63, 3.8) is 0 Å². The quantitative estimate of drug-likeness (QED) is 0.153. The van der Waals surface area contributed by atoms with E-state index in [1.165, 1.54) is 11.3 Å². The maximum atomic E-state index is 10.2. The Morgan fingerprint density at radius 2 is 0.839 bits per heavy atom. The lowest BCUT2D eigenvalue weighted by Crippen LogP contribution is -1.95. The zero-order chi connectivity index (χ0) is 38.8. The molecule has 0 saturated heterocycles. The second kappa shape index (κ2) is 12.4. The second-order valence-electron chi connectivity index (χ2n) is 12.8. The van der Waals surface area contributed by atoms with Gasteiger partial charge in [-0.1, -0.05) is 36.4 Å². The fraction of sp³-hybridized carbons (Fsp3) is 0.0227. The predicted octanol–water partition coefficient (Wildman–Crippen LogP) is 8.61. The van der Waals surface area contributed by atoms with E-state index in [4.69, 9.17) is 0 Å². The Hall–Kier alpha value is -8.83. The molecule has 2 aliphatic rings. The number of nitriles is 7. The number of allylic oxidation sites excluding steroid dienone is 2. The number of hydrogen-bond acceptors (Lipinski definition) is 12. The molecule has 12 heteroatoms. The highest BCUT2D eigenvalue weighted by atomic mass is 32.1. The lowest BCUT2D eigenvalue weighted by atomic mass is 9.94. The number of rotatable bonds is 2. The fourth-order valence-corrected chi connectivity index (χ4v) is 8.94. The average molecular weight is 730 g/mol. The van der Waals surface area contributed by atoms with Crippen molar-refractivity contribution in [1.82, 2.24) is 19.9 Å². The van der Waals surface area contributed by atoms with Gasteiger partial charge in [0.2, 0.25) is 0 Å². The topological polar surface area (TPSA) is 218 Å². The molecule has 0 N–H and O–H groups in total. The van der Waals surface area contributed by atoms with E-state index in [0.717, 1.165) is 71.0 Å². The molecule has 3 aromatic heterocycles. The van der Waals surface area contributed by atoms with Crippen molar-refractivity contribution in [2.75, 3.05) is 0 Å². The SMILES string of the molecule is C/C(C#N)=C1/c2cc(-c3ccc4nc(C#N)c(C#N)nc4c3)ccc2-c2c1sc1c2-c2ccc(-c3ccc4nc(C#N)c(C#N)nc4c3)cc2C1=C(C#N)C#N. The first-order valence-corrected chi connectivity index (χ1v) is 17.5. The summed E-state index contributed by atoms with van der Waals surface area (Å²) in [5.41, 5.74) is 11.8. The van der Waals surface area contributed by atoms with Gasteiger partial charge >= 0.3 is 0 Å². The first-order valence-electron chi connectivity index (χ1n) is 16.7. The number of nitrogens with zero attached hydrogens (tertiary/aromatic N) is 11. The molecule has 2 aliphatic carbocycles. The molecule has 0 fully saturated rings. The van der Waals surface area contributed by atoms with Gasteiger partial charge in [0.15, 0.2) is 22.8 Å². The molecule has 4 aromatic carbocycles. The van der Waals surface area contributed by atoms with Crippen LogP contribution in [0, 0.1) is 79.3 Å². The van der Waals surface area contributed by atoms with Crippen molar-refractivity contribution < 1.29 is 0 Å². The molecule has 0 saturated carbocycles. The Morgan fingerprint density at radius 1 is 0.446 bits per heavy atom. The van der Waals surface area contributed by atoms with Gasteiger partial charge in [-0.3, -0.25) is 0 Å².